The van der Waals surface area contributed by atoms with Crippen LogP contribution in [0.15, 0.2) is 48.5 Å². The second-order valence-electron chi connectivity index (χ2n) is 5.86. The number of benzene rings is 2. The number of carbonyl (C=O) groups excluding carboxylic acids is 2. The lowest BCUT2D eigenvalue weighted by Crippen LogP contribution is -2.38. The largest absolute Gasteiger partial charge is 0.494 e. The van der Waals surface area contributed by atoms with Crippen molar-refractivity contribution in [3.8, 4) is 11.5 Å². The van der Waals surface area contributed by atoms with Crippen LogP contribution in [-0.2, 0) is 11.0 Å². The van der Waals surface area contributed by atoms with Gasteiger partial charge in [0.25, 0.3) is 5.91 Å². The highest BCUT2D eigenvalue weighted by Crippen LogP contribution is 2.31. The van der Waals surface area contributed by atoms with Gasteiger partial charge in [0.1, 0.15) is 18.1 Å². The minimum absolute atomic E-state index is 0.0140. The Kier molecular flexibility index (Phi) is 7.88. The summed E-state index contributed by atoms with van der Waals surface area (Å²) in [4.78, 5) is 23.8. The third-order valence-electron chi connectivity index (χ3n) is 3.69. The molecule has 0 aliphatic heterocycles. The van der Waals surface area contributed by atoms with Crippen molar-refractivity contribution in [1.29, 1.82) is 0 Å². The van der Waals surface area contributed by atoms with Crippen LogP contribution in [-0.4, -0.2) is 38.1 Å². The molecule has 0 fully saturated rings. The minimum Gasteiger partial charge on any atom is -0.494 e. The van der Waals surface area contributed by atoms with Gasteiger partial charge < -0.3 is 20.1 Å². The Labute approximate surface area is 166 Å². The van der Waals surface area contributed by atoms with Gasteiger partial charge in [-0.05, 0) is 49.4 Å². The van der Waals surface area contributed by atoms with Gasteiger partial charge in [0.05, 0.1) is 25.3 Å². The smallest absolute Gasteiger partial charge is 0.416 e. The monoisotopic (exact) mass is 410 g/mol. The molecule has 9 heteroatoms. The maximum absolute atomic E-state index is 12.6. The van der Waals surface area contributed by atoms with E-state index in [9.17, 15) is 22.8 Å². The Morgan fingerprint density at radius 2 is 1.69 bits per heavy atom. The van der Waals surface area contributed by atoms with Crippen molar-refractivity contribution in [2.24, 2.45) is 0 Å². The fourth-order valence-electron chi connectivity index (χ4n) is 2.32. The maximum Gasteiger partial charge on any atom is 0.416 e. The van der Waals surface area contributed by atoms with E-state index in [4.69, 9.17) is 9.47 Å². The topological polar surface area (TPSA) is 76.7 Å². The minimum atomic E-state index is -4.45. The summed E-state index contributed by atoms with van der Waals surface area (Å²) >= 11 is 0. The van der Waals surface area contributed by atoms with Crippen LogP contribution in [0.1, 0.15) is 22.8 Å². The summed E-state index contributed by atoms with van der Waals surface area (Å²) in [7, 11) is 0. The summed E-state index contributed by atoms with van der Waals surface area (Å²) in [6.45, 7) is 2.19. The van der Waals surface area contributed by atoms with Gasteiger partial charge in [-0.3, -0.25) is 9.59 Å². The Hall–Kier alpha value is -3.23. The van der Waals surface area contributed by atoms with Gasteiger partial charge in [-0.1, -0.05) is 6.07 Å². The van der Waals surface area contributed by atoms with Crippen LogP contribution in [0.4, 0.5) is 13.2 Å². The lowest BCUT2D eigenvalue weighted by Gasteiger charge is -2.11. The second kappa shape index (κ2) is 10.4. The molecule has 0 bridgehead atoms. The lowest BCUT2D eigenvalue weighted by atomic mass is 10.2. The average molecular weight is 410 g/mol. The molecule has 0 spiro atoms. The molecular formula is C20H21F3N2O4. The quantitative estimate of drug-likeness (QED) is 0.623. The van der Waals surface area contributed by atoms with Crippen molar-refractivity contribution in [1.82, 2.24) is 10.6 Å². The molecule has 2 aromatic carbocycles. The Bertz CT molecular complexity index is 823. The molecular weight excluding hydrogens is 389 g/mol. The Morgan fingerprint density at radius 1 is 0.966 bits per heavy atom. The van der Waals surface area contributed by atoms with E-state index in [1.807, 2.05) is 6.92 Å². The first-order valence-corrected chi connectivity index (χ1v) is 8.87. The van der Waals surface area contributed by atoms with Gasteiger partial charge in [0, 0.05) is 5.56 Å². The fourth-order valence-corrected chi connectivity index (χ4v) is 2.32. The van der Waals surface area contributed by atoms with Crippen molar-refractivity contribution in [3.05, 3.63) is 59.7 Å². The molecule has 0 heterocycles. The van der Waals surface area contributed by atoms with Crippen molar-refractivity contribution in [2.75, 3.05) is 26.3 Å². The zero-order valence-corrected chi connectivity index (χ0v) is 15.7. The molecule has 2 aromatic rings. The third kappa shape index (κ3) is 7.36. The van der Waals surface area contributed by atoms with Crippen molar-refractivity contribution >= 4 is 11.8 Å². The standard InChI is InChI=1S/C20H21F3N2O4/c1-2-28-16-8-6-14(7-9-16)19(27)25-13-18(26)24-10-11-29-17-5-3-4-15(12-17)20(21,22)23/h3-9,12H,2,10-11,13H2,1H3,(H,24,26)(H,25,27). The van der Waals surface area contributed by atoms with Gasteiger partial charge in [0.2, 0.25) is 5.91 Å². The predicted molar refractivity (Wildman–Crippen MR) is 99.9 cm³/mol. The first-order valence-electron chi connectivity index (χ1n) is 8.87. The van der Waals surface area contributed by atoms with E-state index < -0.39 is 23.6 Å². The average Bonchev–Trinajstić information content (AvgIpc) is 2.70. The zero-order chi connectivity index (χ0) is 21.3. The van der Waals surface area contributed by atoms with Crippen LogP contribution in [0.2, 0.25) is 0 Å². The highest BCUT2D eigenvalue weighted by Gasteiger charge is 2.30. The summed E-state index contributed by atoms with van der Waals surface area (Å²) in [5.41, 5.74) is -0.426. The van der Waals surface area contributed by atoms with Crippen LogP contribution >= 0.6 is 0 Å². The van der Waals surface area contributed by atoms with E-state index in [1.165, 1.54) is 12.1 Å². The molecule has 2 N–H and O–H groups in total. The van der Waals surface area contributed by atoms with E-state index in [0.29, 0.717) is 17.9 Å². The number of alkyl halides is 3. The van der Waals surface area contributed by atoms with Gasteiger partial charge >= 0.3 is 6.18 Å². The van der Waals surface area contributed by atoms with E-state index in [0.717, 1.165) is 12.1 Å². The molecule has 0 aliphatic rings. The number of halogens is 3. The van der Waals surface area contributed by atoms with Crippen molar-refractivity contribution in [2.45, 2.75) is 13.1 Å². The Balaban J connectivity index is 1.69. The summed E-state index contributed by atoms with van der Waals surface area (Å²) in [6.07, 6.45) is -4.45. The van der Waals surface area contributed by atoms with Crippen molar-refractivity contribution < 1.29 is 32.2 Å². The number of hydrogen-bond donors (Lipinski definition) is 2. The normalized spacial score (nSPS) is 10.9. The predicted octanol–water partition coefficient (Wildman–Crippen LogP) is 3.03. The molecule has 2 amide bonds. The molecule has 0 atom stereocenters. The van der Waals surface area contributed by atoms with Crippen molar-refractivity contribution in [3.63, 3.8) is 0 Å². The van der Waals surface area contributed by atoms with Crippen LogP contribution in [0, 0.1) is 0 Å². The van der Waals surface area contributed by atoms with Crippen LogP contribution in [0.25, 0.3) is 0 Å². The second-order valence-corrected chi connectivity index (χ2v) is 5.86. The molecule has 6 nitrogen and oxygen atoms in total. The maximum atomic E-state index is 12.6. The number of hydrogen-bond acceptors (Lipinski definition) is 4. The molecule has 0 saturated carbocycles. The number of carbonyl (C=O) groups is 2. The highest BCUT2D eigenvalue weighted by atomic mass is 19.4. The molecule has 29 heavy (non-hydrogen) atoms. The van der Waals surface area contributed by atoms with Crippen LogP contribution in [0.3, 0.4) is 0 Å². The van der Waals surface area contributed by atoms with E-state index in [-0.39, 0.29) is 25.4 Å². The van der Waals surface area contributed by atoms with Gasteiger partial charge in [-0.25, -0.2) is 0 Å². The summed E-state index contributed by atoms with van der Waals surface area (Å²) in [5, 5.41) is 4.98. The van der Waals surface area contributed by atoms with Gasteiger partial charge in [-0.2, -0.15) is 13.2 Å². The molecule has 0 saturated heterocycles. The zero-order valence-electron chi connectivity index (χ0n) is 15.7. The lowest BCUT2D eigenvalue weighted by molar-refractivity contribution is -0.137. The van der Waals surface area contributed by atoms with Crippen LogP contribution < -0.4 is 20.1 Å². The van der Waals surface area contributed by atoms with E-state index in [1.54, 1.807) is 24.3 Å². The highest BCUT2D eigenvalue weighted by molar-refractivity contribution is 5.96. The fraction of sp³-hybridized carbons (Fsp3) is 0.300. The molecule has 156 valence electrons. The van der Waals surface area contributed by atoms with Gasteiger partial charge in [0.15, 0.2) is 0 Å². The summed E-state index contributed by atoms with van der Waals surface area (Å²) in [5.74, 6) is -0.166. The Morgan fingerprint density at radius 3 is 2.34 bits per heavy atom. The number of amides is 2. The molecule has 0 aromatic heterocycles. The van der Waals surface area contributed by atoms with E-state index >= 15 is 0 Å². The SMILES string of the molecule is CCOc1ccc(C(=O)NCC(=O)NCCOc2cccc(C(F)(F)F)c2)cc1. The number of rotatable bonds is 9. The van der Waals surface area contributed by atoms with Crippen LogP contribution in [0.5, 0.6) is 11.5 Å². The first kappa shape index (κ1) is 22.1. The first-order chi connectivity index (χ1) is 13.8. The van der Waals surface area contributed by atoms with Gasteiger partial charge in [-0.15, -0.1) is 0 Å². The molecule has 0 unspecified atom stereocenters. The molecule has 0 aliphatic carbocycles. The summed E-state index contributed by atoms with van der Waals surface area (Å²) < 4.78 is 48.4. The summed E-state index contributed by atoms with van der Waals surface area (Å²) in [6, 6.07) is 11.0. The molecule has 0 radical (unpaired) electrons. The third-order valence-corrected chi connectivity index (χ3v) is 3.69. The number of ether oxygens (including phenoxy) is 2. The number of nitrogens with one attached hydrogen (secondary N) is 2. The van der Waals surface area contributed by atoms with E-state index in [2.05, 4.69) is 10.6 Å². The molecule has 2 rings (SSSR count).